The highest BCUT2D eigenvalue weighted by atomic mass is 15.4. The largest absolute Gasteiger partial charge is 0.284 e. The van der Waals surface area contributed by atoms with Gasteiger partial charge in [0.05, 0.1) is 20.5 Å². The molecule has 0 bridgehead atoms. The first-order chi connectivity index (χ1) is 13.8. The minimum absolute atomic E-state index is 0.904. The maximum atomic E-state index is 2.30. The Hall–Kier alpha value is -3.52. The number of aryl methyl sites for hydroxylation is 1. The molecule has 0 amide bonds. The number of hydrogen-bond donors (Lipinski definition) is 0. The van der Waals surface area contributed by atoms with E-state index in [0.29, 0.717) is 0 Å². The van der Waals surface area contributed by atoms with Gasteiger partial charge >= 0.3 is 0 Å². The van der Waals surface area contributed by atoms with Gasteiger partial charge in [0.2, 0.25) is 12.4 Å². The van der Waals surface area contributed by atoms with Crippen LogP contribution in [0.4, 0.5) is 0 Å². The minimum Gasteiger partial charge on any atom is -0.0795 e. The summed E-state index contributed by atoms with van der Waals surface area (Å²) in [7, 11) is 0. The molecule has 134 valence electrons. The van der Waals surface area contributed by atoms with E-state index in [2.05, 4.69) is 120 Å². The third-order valence-electron chi connectivity index (χ3n) is 5.32. The molecule has 2 heteroatoms. The molecule has 0 aliphatic carbocycles. The van der Waals surface area contributed by atoms with Crippen molar-refractivity contribution in [1.29, 1.82) is 0 Å². The number of rotatable bonds is 0. The van der Waals surface area contributed by atoms with Crippen LogP contribution in [0.3, 0.4) is 0 Å². The van der Waals surface area contributed by atoms with Crippen LogP contribution < -0.4 is 9.35 Å². The Labute approximate surface area is 165 Å². The summed E-state index contributed by atoms with van der Waals surface area (Å²) in [5.74, 6) is 0. The zero-order valence-electron chi connectivity index (χ0n) is 15.9. The van der Waals surface area contributed by atoms with Crippen LogP contribution in [0.15, 0.2) is 97.3 Å². The van der Waals surface area contributed by atoms with E-state index >= 15 is 0 Å². The maximum Gasteiger partial charge on any atom is 0.284 e. The van der Waals surface area contributed by atoms with E-state index in [-0.39, 0.29) is 0 Å². The number of hydrogen-bond acceptors (Lipinski definition) is 0. The fourth-order valence-electron chi connectivity index (χ4n) is 4.00. The van der Waals surface area contributed by atoms with Crippen LogP contribution in [0.1, 0.15) is 16.7 Å². The summed E-state index contributed by atoms with van der Waals surface area (Å²) >= 11 is 0. The van der Waals surface area contributed by atoms with Crippen molar-refractivity contribution < 1.29 is 9.35 Å². The SMILES string of the molecule is Cc1ccc2c(c1)C/C=C/c1ccccc1-c1cccc[n+]1-[n+]1ccccc1-2. The number of benzene rings is 2. The Kier molecular flexibility index (Phi) is 4.10. The number of pyridine rings is 2. The van der Waals surface area contributed by atoms with Crippen LogP contribution in [-0.4, -0.2) is 0 Å². The predicted octanol–water partition coefficient (Wildman–Crippen LogP) is 4.78. The first-order valence-corrected chi connectivity index (χ1v) is 9.69. The standard InChI is InChI=1S/C26H22N2/c1-20-15-16-24-22(19-20)11-8-10-21-9-2-3-12-23(21)25-13-4-6-17-27(25)28-18-7-5-14-26(24)28/h2-10,12-19H,11H2,1H3/q+2/b10-8+. The van der Waals surface area contributed by atoms with Crippen LogP contribution in [0.5, 0.6) is 0 Å². The summed E-state index contributed by atoms with van der Waals surface area (Å²) in [4.78, 5) is 0. The van der Waals surface area contributed by atoms with Crippen LogP contribution in [0.25, 0.3) is 28.6 Å². The molecular formula is C26H22N2+2. The van der Waals surface area contributed by atoms with Crippen molar-refractivity contribution in [3.63, 3.8) is 0 Å². The van der Waals surface area contributed by atoms with Gasteiger partial charge in [-0.15, -0.1) is 0 Å². The maximum absolute atomic E-state index is 2.30. The molecule has 0 saturated heterocycles. The summed E-state index contributed by atoms with van der Waals surface area (Å²) in [5.41, 5.74) is 8.70. The number of fused-ring (bicyclic) bond motifs is 7. The molecule has 2 nitrogen and oxygen atoms in total. The van der Waals surface area contributed by atoms with Gasteiger partial charge in [0, 0.05) is 24.3 Å². The van der Waals surface area contributed by atoms with Crippen molar-refractivity contribution in [2.24, 2.45) is 0 Å². The van der Waals surface area contributed by atoms with Gasteiger partial charge in [-0.3, -0.25) is 0 Å². The molecule has 0 radical (unpaired) electrons. The zero-order valence-corrected chi connectivity index (χ0v) is 15.9. The summed E-state index contributed by atoms with van der Waals surface area (Å²) in [6.07, 6.45) is 9.70. The third kappa shape index (κ3) is 2.84. The zero-order chi connectivity index (χ0) is 18.9. The molecule has 0 spiro atoms. The fraction of sp³-hybridized carbons (Fsp3) is 0.0769. The highest BCUT2D eigenvalue weighted by Gasteiger charge is 2.28. The Balaban J connectivity index is 1.89. The van der Waals surface area contributed by atoms with Gasteiger partial charge in [-0.25, -0.2) is 0 Å². The van der Waals surface area contributed by atoms with E-state index in [1.165, 1.54) is 33.5 Å². The average Bonchev–Trinajstić information content (AvgIpc) is 2.76. The van der Waals surface area contributed by atoms with Gasteiger partial charge in [-0.05, 0) is 48.7 Å². The molecular weight excluding hydrogens is 340 g/mol. The summed E-state index contributed by atoms with van der Waals surface area (Å²) in [5, 5.41) is 0. The quantitative estimate of drug-likeness (QED) is 0.398. The molecule has 3 heterocycles. The van der Waals surface area contributed by atoms with Crippen molar-refractivity contribution in [1.82, 2.24) is 0 Å². The molecule has 5 rings (SSSR count). The first kappa shape index (κ1) is 16.6. The molecule has 28 heavy (non-hydrogen) atoms. The third-order valence-corrected chi connectivity index (χ3v) is 5.32. The van der Waals surface area contributed by atoms with Crippen molar-refractivity contribution in [2.45, 2.75) is 13.3 Å². The lowest BCUT2D eigenvalue weighted by molar-refractivity contribution is -1.29. The molecule has 0 fully saturated rings. The van der Waals surface area contributed by atoms with Gasteiger partial charge in [-0.1, -0.05) is 48.0 Å². The van der Waals surface area contributed by atoms with Gasteiger partial charge in [0.1, 0.15) is 0 Å². The molecule has 0 atom stereocenters. The Morgan fingerprint density at radius 2 is 1.36 bits per heavy atom. The summed E-state index contributed by atoms with van der Waals surface area (Å²) in [6.45, 7) is 2.16. The molecule has 0 saturated carbocycles. The van der Waals surface area contributed by atoms with E-state index in [9.17, 15) is 0 Å². The van der Waals surface area contributed by atoms with Crippen LogP contribution >= 0.6 is 0 Å². The van der Waals surface area contributed by atoms with Gasteiger partial charge in [0.25, 0.3) is 11.4 Å². The Bertz CT molecular complexity index is 1200. The molecule has 2 aromatic carbocycles. The monoisotopic (exact) mass is 362 g/mol. The molecule has 4 aromatic rings. The lowest BCUT2D eigenvalue weighted by atomic mass is 9.98. The fourth-order valence-corrected chi connectivity index (χ4v) is 4.00. The minimum atomic E-state index is 0.904. The second-order valence-corrected chi connectivity index (χ2v) is 7.22. The molecule has 0 unspecified atom stereocenters. The molecule has 1 aliphatic rings. The van der Waals surface area contributed by atoms with E-state index < -0.39 is 0 Å². The second-order valence-electron chi connectivity index (χ2n) is 7.22. The smallest absolute Gasteiger partial charge is 0.0795 e. The van der Waals surface area contributed by atoms with Crippen LogP contribution in [0, 0.1) is 6.92 Å². The number of aromatic nitrogens is 2. The summed E-state index contributed by atoms with van der Waals surface area (Å²) in [6, 6.07) is 28.1. The lowest BCUT2D eigenvalue weighted by Crippen LogP contribution is -2.68. The summed E-state index contributed by atoms with van der Waals surface area (Å²) < 4.78 is 4.47. The van der Waals surface area contributed by atoms with E-state index in [0.717, 1.165) is 12.1 Å². The van der Waals surface area contributed by atoms with E-state index in [1.54, 1.807) is 0 Å². The van der Waals surface area contributed by atoms with Crippen LogP contribution in [0.2, 0.25) is 0 Å². The van der Waals surface area contributed by atoms with Crippen molar-refractivity contribution in [2.75, 3.05) is 0 Å². The van der Waals surface area contributed by atoms with E-state index in [1.807, 2.05) is 0 Å². The topological polar surface area (TPSA) is 7.76 Å². The lowest BCUT2D eigenvalue weighted by Gasteiger charge is -2.07. The van der Waals surface area contributed by atoms with Crippen molar-refractivity contribution in [3.8, 4) is 22.5 Å². The highest BCUT2D eigenvalue weighted by molar-refractivity contribution is 5.72. The Morgan fingerprint density at radius 3 is 2.14 bits per heavy atom. The van der Waals surface area contributed by atoms with Gasteiger partial charge in [-0.2, -0.15) is 0 Å². The Morgan fingerprint density at radius 1 is 0.679 bits per heavy atom. The molecule has 1 aliphatic heterocycles. The van der Waals surface area contributed by atoms with E-state index in [4.69, 9.17) is 0 Å². The molecule has 0 N–H and O–H groups in total. The number of nitrogens with zero attached hydrogens (tertiary/aromatic N) is 2. The van der Waals surface area contributed by atoms with Crippen molar-refractivity contribution in [3.05, 3.63) is 114 Å². The number of allylic oxidation sites excluding steroid dienone is 1. The first-order valence-electron chi connectivity index (χ1n) is 9.69. The highest BCUT2D eigenvalue weighted by Crippen LogP contribution is 2.26. The van der Waals surface area contributed by atoms with Crippen LogP contribution in [-0.2, 0) is 6.42 Å². The second kappa shape index (κ2) is 6.90. The van der Waals surface area contributed by atoms with Gasteiger partial charge < -0.3 is 0 Å². The van der Waals surface area contributed by atoms with Gasteiger partial charge in [0.15, 0.2) is 0 Å². The predicted molar refractivity (Wildman–Crippen MR) is 112 cm³/mol. The van der Waals surface area contributed by atoms with Crippen molar-refractivity contribution >= 4 is 6.08 Å². The molecule has 2 aromatic heterocycles. The average molecular weight is 362 g/mol. The normalized spacial score (nSPS) is 13.3.